The van der Waals surface area contributed by atoms with Crippen LogP contribution in [0.4, 0.5) is 11.4 Å². The largest absolute Gasteiger partial charge is 0.367 e. The molecule has 132 valence electrons. The molecule has 1 atom stereocenters. The second-order valence-corrected chi connectivity index (χ2v) is 7.01. The summed E-state index contributed by atoms with van der Waals surface area (Å²) in [5.41, 5.74) is 3.27. The lowest BCUT2D eigenvalue weighted by molar-refractivity contribution is 0.102. The minimum atomic E-state index is -0.167. The number of carbonyl (C=O) groups excluding carboxylic acids is 1. The molecule has 1 saturated heterocycles. The van der Waals surface area contributed by atoms with Crippen molar-refractivity contribution >= 4 is 28.9 Å². The number of nitrogens with zero attached hydrogens (tertiary/aromatic N) is 2. The number of hydrogen-bond donors (Lipinski definition) is 1. The first-order valence-corrected chi connectivity index (χ1v) is 9.25. The highest BCUT2D eigenvalue weighted by atomic mass is 35.5. The van der Waals surface area contributed by atoms with Crippen LogP contribution in [0.15, 0.2) is 36.7 Å². The third-order valence-corrected chi connectivity index (χ3v) is 5.25. The molecule has 1 N–H and O–H groups in total. The fourth-order valence-corrected chi connectivity index (χ4v) is 3.53. The van der Waals surface area contributed by atoms with Crippen molar-refractivity contribution in [1.29, 1.82) is 0 Å². The van der Waals surface area contributed by atoms with E-state index < -0.39 is 0 Å². The van der Waals surface area contributed by atoms with E-state index >= 15 is 0 Å². The smallest absolute Gasteiger partial charge is 0.257 e. The Balaban J connectivity index is 1.78. The van der Waals surface area contributed by atoms with E-state index in [4.69, 9.17) is 11.6 Å². The van der Waals surface area contributed by atoms with Gasteiger partial charge in [-0.2, -0.15) is 0 Å². The lowest BCUT2D eigenvalue weighted by Gasteiger charge is -2.37. The number of amides is 1. The van der Waals surface area contributed by atoms with Crippen molar-refractivity contribution in [3.05, 3.63) is 52.8 Å². The zero-order valence-electron chi connectivity index (χ0n) is 14.8. The molecule has 2 heterocycles. The number of nitrogens with one attached hydrogen (secondary N) is 1. The van der Waals surface area contributed by atoms with Crippen LogP contribution >= 0.6 is 11.6 Å². The van der Waals surface area contributed by atoms with E-state index in [1.807, 2.05) is 31.3 Å². The highest BCUT2D eigenvalue weighted by Gasteiger charge is 2.22. The van der Waals surface area contributed by atoms with E-state index in [0.29, 0.717) is 22.3 Å². The van der Waals surface area contributed by atoms with Crippen LogP contribution in [0.25, 0.3) is 0 Å². The minimum absolute atomic E-state index is 0.167. The topological polar surface area (TPSA) is 45.2 Å². The maximum atomic E-state index is 12.6. The molecule has 25 heavy (non-hydrogen) atoms. The van der Waals surface area contributed by atoms with Crippen molar-refractivity contribution in [3.63, 3.8) is 0 Å². The summed E-state index contributed by atoms with van der Waals surface area (Å²) >= 11 is 6.13. The average Bonchev–Trinajstić information content (AvgIpc) is 2.64. The lowest BCUT2D eigenvalue weighted by atomic mass is 9.99. The molecule has 4 nitrogen and oxygen atoms in total. The third-order valence-electron chi connectivity index (χ3n) is 4.85. The van der Waals surface area contributed by atoms with Crippen molar-refractivity contribution in [1.82, 2.24) is 4.98 Å². The Morgan fingerprint density at radius 3 is 2.92 bits per heavy atom. The Kier molecular flexibility index (Phi) is 5.59. The summed E-state index contributed by atoms with van der Waals surface area (Å²) in [7, 11) is 0. The zero-order chi connectivity index (χ0) is 17.8. The fourth-order valence-electron chi connectivity index (χ4n) is 3.35. The number of pyridine rings is 1. The maximum Gasteiger partial charge on any atom is 0.257 e. The number of piperidine rings is 1. The summed E-state index contributed by atoms with van der Waals surface area (Å²) < 4.78 is 0. The third kappa shape index (κ3) is 4.13. The summed E-state index contributed by atoms with van der Waals surface area (Å²) in [5, 5.41) is 3.54. The van der Waals surface area contributed by atoms with Gasteiger partial charge in [-0.05, 0) is 56.4 Å². The van der Waals surface area contributed by atoms with Gasteiger partial charge in [0.25, 0.3) is 5.91 Å². The molecule has 1 fully saturated rings. The predicted octanol–water partition coefficient (Wildman–Crippen LogP) is 5.06. The molecule has 0 spiro atoms. The molecule has 5 heteroatoms. The number of halogens is 1. The first-order chi connectivity index (χ1) is 12.1. The van der Waals surface area contributed by atoms with Crippen LogP contribution in [0.2, 0.25) is 5.02 Å². The number of anilines is 2. The lowest BCUT2D eigenvalue weighted by Crippen LogP contribution is -2.39. The van der Waals surface area contributed by atoms with Crippen LogP contribution in [0.1, 0.15) is 48.5 Å². The van der Waals surface area contributed by atoms with Gasteiger partial charge in [0.1, 0.15) is 0 Å². The van der Waals surface area contributed by atoms with E-state index in [2.05, 4.69) is 22.1 Å². The first-order valence-electron chi connectivity index (χ1n) is 8.87. The molecule has 1 aliphatic rings. The maximum absolute atomic E-state index is 12.6. The second-order valence-electron chi connectivity index (χ2n) is 6.60. The quantitative estimate of drug-likeness (QED) is 0.831. The molecule has 0 aliphatic carbocycles. The van der Waals surface area contributed by atoms with E-state index in [1.165, 1.54) is 19.3 Å². The van der Waals surface area contributed by atoms with Gasteiger partial charge in [0, 0.05) is 29.5 Å². The molecule has 0 saturated carbocycles. The molecule has 1 unspecified atom stereocenters. The van der Waals surface area contributed by atoms with E-state index in [1.54, 1.807) is 12.3 Å². The van der Waals surface area contributed by atoms with E-state index in [-0.39, 0.29) is 5.91 Å². The van der Waals surface area contributed by atoms with Gasteiger partial charge >= 0.3 is 0 Å². The number of rotatable bonds is 4. The van der Waals surface area contributed by atoms with Crippen molar-refractivity contribution in [2.24, 2.45) is 0 Å². The Labute approximate surface area is 154 Å². The summed E-state index contributed by atoms with van der Waals surface area (Å²) in [4.78, 5) is 19.3. The monoisotopic (exact) mass is 357 g/mol. The SMILES string of the molecule is CCC1CCCCN1c1cncc(C(=O)Nc2ccc(C)c(Cl)c2)c1. The molecular weight excluding hydrogens is 334 g/mol. The number of aromatic nitrogens is 1. The van der Waals surface area contributed by atoms with Crippen LogP contribution in [-0.2, 0) is 0 Å². The molecule has 0 radical (unpaired) electrons. The molecule has 1 aromatic heterocycles. The van der Waals surface area contributed by atoms with Gasteiger partial charge < -0.3 is 10.2 Å². The minimum Gasteiger partial charge on any atom is -0.367 e. The highest BCUT2D eigenvalue weighted by Crippen LogP contribution is 2.27. The summed E-state index contributed by atoms with van der Waals surface area (Å²) in [5.74, 6) is -0.167. The van der Waals surface area contributed by atoms with Crippen LogP contribution in [0.5, 0.6) is 0 Å². The second kappa shape index (κ2) is 7.87. The Bertz CT molecular complexity index is 762. The Morgan fingerprint density at radius 1 is 1.32 bits per heavy atom. The first kappa shape index (κ1) is 17.7. The number of benzene rings is 1. The van der Waals surface area contributed by atoms with Gasteiger partial charge in [0.2, 0.25) is 0 Å². The molecule has 3 rings (SSSR count). The van der Waals surface area contributed by atoms with Crippen molar-refractivity contribution in [2.75, 3.05) is 16.8 Å². The van der Waals surface area contributed by atoms with E-state index in [0.717, 1.165) is 24.2 Å². The summed E-state index contributed by atoms with van der Waals surface area (Å²) in [6, 6.07) is 7.99. The van der Waals surface area contributed by atoms with Gasteiger partial charge in [-0.25, -0.2) is 0 Å². The summed E-state index contributed by atoms with van der Waals surface area (Å²) in [6.07, 6.45) is 8.24. The zero-order valence-corrected chi connectivity index (χ0v) is 15.5. The Hall–Kier alpha value is -2.07. The molecular formula is C20H24ClN3O. The van der Waals surface area contributed by atoms with Crippen LogP contribution in [-0.4, -0.2) is 23.5 Å². The number of carbonyl (C=O) groups is 1. The van der Waals surface area contributed by atoms with Gasteiger partial charge in [-0.15, -0.1) is 0 Å². The normalized spacial score (nSPS) is 17.4. The predicted molar refractivity (Wildman–Crippen MR) is 104 cm³/mol. The highest BCUT2D eigenvalue weighted by molar-refractivity contribution is 6.31. The molecule has 0 bridgehead atoms. The van der Waals surface area contributed by atoms with Crippen LogP contribution in [0, 0.1) is 6.92 Å². The average molecular weight is 358 g/mol. The standard InChI is InChI=1S/C20H24ClN3O/c1-3-17-6-4-5-9-24(17)18-10-15(12-22-13-18)20(25)23-16-8-7-14(2)19(21)11-16/h7-8,10-13,17H,3-6,9H2,1-2H3,(H,23,25). The van der Waals surface area contributed by atoms with Crippen LogP contribution < -0.4 is 10.2 Å². The number of aryl methyl sites for hydroxylation is 1. The van der Waals surface area contributed by atoms with Crippen molar-refractivity contribution in [3.8, 4) is 0 Å². The van der Waals surface area contributed by atoms with Crippen LogP contribution in [0.3, 0.4) is 0 Å². The van der Waals surface area contributed by atoms with Crippen molar-refractivity contribution in [2.45, 2.75) is 45.6 Å². The molecule has 1 aliphatic heterocycles. The number of hydrogen-bond acceptors (Lipinski definition) is 3. The molecule has 1 aromatic carbocycles. The molecule has 1 amide bonds. The Morgan fingerprint density at radius 2 is 2.16 bits per heavy atom. The van der Waals surface area contributed by atoms with E-state index in [9.17, 15) is 4.79 Å². The summed E-state index contributed by atoms with van der Waals surface area (Å²) in [6.45, 7) is 5.18. The van der Waals surface area contributed by atoms with Gasteiger partial charge in [0.15, 0.2) is 0 Å². The van der Waals surface area contributed by atoms with Crippen molar-refractivity contribution < 1.29 is 4.79 Å². The molecule has 2 aromatic rings. The fraction of sp³-hybridized carbons (Fsp3) is 0.400. The van der Waals surface area contributed by atoms with Gasteiger partial charge in [-0.3, -0.25) is 9.78 Å². The van der Waals surface area contributed by atoms with Gasteiger partial charge in [0.05, 0.1) is 17.4 Å². The van der Waals surface area contributed by atoms with Gasteiger partial charge in [-0.1, -0.05) is 24.6 Å².